The van der Waals surface area contributed by atoms with Crippen LogP contribution in [-0.2, 0) is 9.59 Å². The highest BCUT2D eigenvalue weighted by Crippen LogP contribution is 2.42. The molecule has 4 nitrogen and oxygen atoms in total. The first-order chi connectivity index (χ1) is 9.81. The summed E-state index contributed by atoms with van der Waals surface area (Å²) in [7, 11) is 0. The molecule has 0 aromatic rings. The second kappa shape index (κ2) is 6.19. The number of thioether (sulfide) groups is 1. The third-order valence-corrected chi connectivity index (χ3v) is 5.58. The molecule has 1 aliphatic heterocycles. The molecule has 2 aliphatic rings. The Bertz CT molecular complexity index is 423. The Morgan fingerprint density at radius 3 is 2.43 bits per heavy atom. The van der Waals surface area contributed by atoms with Gasteiger partial charge in [0.1, 0.15) is 11.6 Å². The summed E-state index contributed by atoms with van der Waals surface area (Å²) in [5.74, 6) is 2.02. The van der Waals surface area contributed by atoms with Crippen LogP contribution in [0.4, 0.5) is 0 Å². The van der Waals surface area contributed by atoms with Gasteiger partial charge >= 0.3 is 0 Å². The smallest absolute Gasteiger partial charge is 0.249 e. The Morgan fingerprint density at radius 1 is 1.33 bits per heavy atom. The molecule has 1 saturated heterocycles. The van der Waals surface area contributed by atoms with Crippen molar-refractivity contribution in [3.63, 3.8) is 0 Å². The van der Waals surface area contributed by atoms with Crippen molar-refractivity contribution in [1.82, 2.24) is 10.2 Å². The molecule has 0 spiro atoms. The maximum atomic E-state index is 13.0. The maximum absolute atomic E-state index is 13.0. The number of hydrogen-bond donors (Lipinski definition) is 1. The minimum absolute atomic E-state index is 0.0235. The quantitative estimate of drug-likeness (QED) is 0.817. The number of rotatable bonds is 6. The first-order valence-corrected chi connectivity index (χ1v) is 9.32. The lowest BCUT2D eigenvalue weighted by Gasteiger charge is -2.47. The average Bonchev–Trinajstić information content (AvgIpc) is 3.19. The Labute approximate surface area is 132 Å². The fourth-order valence-corrected chi connectivity index (χ4v) is 4.09. The maximum Gasteiger partial charge on any atom is 0.249 e. The van der Waals surface area contributed by atoms with Crippen LogP contribution >= 0.6 is 11.8 Å². The summed E-state index contributed by atoms with van der Waals surface area (Å²) in [6.45, 7) is 8.78. The monoisotopic (exact) mass is 312 g/mol. The molecule has 2 amide bonds. The van der Waals surface area contributed by atoms with Gasteiger partial charge in [-0.1, -0.05) is 20.8 Å². The number of carbonyl (C=O) groups is 2. The number of nitrogens with one attached hydrogen (secondary N) is 1. The van der Waals surface area contributed by atoms with Crippen molar-refractivity contribution in [3.05, 3.63) is 0 Å². The standard InChI is InChI=1S/C16H28N2O2S/c1-10(2)13-14(19)17-16(4,12-6-7-12)15(20)18(13)8-11(3)9-21-5/h10-13H,6-9H2,1-5H3,(H,17,19). The van der Waals surface area contributed by atoms with Crippen molar-refractivity contribution in [2.24, 2.45) is 17.8 Å². The lowest BCUT2D eigenvalue weighted by Crippen LogP contribution is -2.71. The zero-order valence-electron chi connectivity index (χ0n) is 13.8. The van der Waals surface area contributed by atoms with Crippen LogP contribution in [0.1, 0.15) is 40.5 Å². The van der Waals surface area contributed by atoms with Crippen LogP contribution in [0.5, 0.6) is 0 Å². The summed E-state index contributed by atoms with van der Waals surface area (Å²) in [5.41, 5.74) is -0.679. The van der Waals surface area contributed by atoms with Crippen LogP contribution in [0.25, 0.3) is 0 Å². The molecule has 3 atom stereocenters. The van der Waals surface area contributed by atoms with E-state index in [9.17, 15) is 9.59 Å². The molecule has 0 aromatic heterocycles. The normalized spacial score (nSPS) is 31.5. The molecule has 1 aliphatic carbocycles. The van der Waals surface area contributed by atoms with Crippen LogP contribution in [0.3, 0.4) is 0 Å². The second-order valence-electron chi connectivity index (χ2n) is 7.17. The molecule has 2 rings (SSSR count). The Morgan fingerprint density at radius 2 is 1.95 bits per heavy atom. The highest BCUT2D eigenvalue weighted by molar-refractivity contribution is 7.98. The van der Waals surface area contributed by atoms with E-state index in [0.29, 0.717) is 18.4 Å². The molecule has 1 saturated carbocycles. The van der Waals surface area contributed by atoms with E-state index in [1.54, 1.807) is 11.8 Å². The van der Waals surface area contributed by atoms with Gasteiger partial charge in [-0.25, -0.2) is 0 Å². The van der Waals surface area contributed by atoms with Crippen LogP contribution in [-0.4, -0.2) is 46.8 Å². The number of hydrogen-bond acceptors (Lipinski definition) is 3. The molecule has 0 bridgehead atoms. The summed E-state index contributed by atoms with van der Waals surface area (Å²) in [6, 6.07) is -0.325. The van der Waals surface area contributed by atoms with Crippen LogP contribution in [0.2, 0.25) is 0 Å². The minimum Gasteiger partial charge on any atom is -0.340 e. The zero-order chi connectivity index (χ0) is 15.8. The molecule has 3 unspecified atom stereocenters. The number of nitrogens with zero attached hydrogens (tertiary/aromatic N) is 1. The van der Waals surface area contributed by atoms with E-state index in [0.717, 1.165) is 18.6 Å². The molecular weight excluding hydrogens is 284 g/mol. The van der Waals surface area contributed by atoms with Crippen LogP contribution in [0, 0.1) is 17.8 Å². The largest absolute Gasteiger partial charge is 0.340 e. The van der Waals surface area contributed by atoms with E-state index in [2.05, 4.69) is 18.5 Å². The lowest BCUT2D eigenvalue weighted by molar-refractivity contribution is -0.157. The van der Waals surface area contributed by atoms with Crippen molar-refractivity contribution in [1.29, 1.82) is 0 Å². The highest BCUT2D eigenvalue weighted by Gasteiger charge is 2.55. The Balaban J connectivity index is 2.24. The molecule has 0 radical (unpaired) electrons. The van der Waals surface area contributed by atoms with Gasteiger partial charge in [-0.15, -0.1) is 0 Å². The van der Waals surface area contributed by atoms with Gasteiger partial charge < -0.3 is 10.2 Å². The summed E-state index contributed by atoms with van der Waals surface area (Å²) in [4.78, 5) is 27.5. The van der Waals surface area contributed by atoms with Crippen LogP contribution in [0.15, 0.2) is 0 Å². The van der Waals surface area contributed by atoms with E-state index in [1.807, 2.05) is 25.7 Å². The van der Waals surface area contributed by atoms with Gasteiger partial charge in [0.2, 0.25) is 11.8 Å². The highest BCUT2D eigenvalue weighted by atomic mass is 32.2. The van der Waals surface area contributed by atoms with Gasteiger partial charge in [0.15, 0.2) is 0 Å². The van der Waals surface area contributed by atoms with Crippen LogP contribution < -0.4 is 5.32 Å². The number of piperazine rings is 1. The van der Waals surface area contributed by atoms with E-state index in [1.165, 1.54) is 0 Å². The molecule has 1 N–H and O–H groups in total. The number of carbonyl (C=O) groups excluding carboxylic acids is 2. The average molecular weight is 312 g/mol. The molecule has 1 heterocycles. The summed E-state index contributed by atoms with van der Waals surface area (Å²) in [5, 5.41) is 3.04. The molecule has 5 heteroatoms. The van der Waals surface area contributed by atoms with Crippen molar-refractivity contribution in [3.8, 4) is 0 Å². The van der Waals surface area contributed by atoms with Gasteiger partial charge in [-0.3, -0.25) is 9.59 Å². The Kier molecular flexibility index (Phi) is 4.91. The first-order valence-electron chi connectivity index (χ1n) is 7.93. The first kappa shape index (κ1) is 16.7. The molecule has 2 fully saturated rings. The van der Waals surface area contributed by atoms with E-state index in [-0.39, 0.29) is 23.8 Å². The van der Waals surface area contributed by atoms with Gasteiger partial charge in [0, 0.05) is 6.54 Å². The van der Waals surface area contributed by atoms with Gasteiger partial charge in [-0.05, 0) is 49.5 Å². The fraction of sp³-hybridized carbons (Fsp3) is 0.875. The Hall–Kier alpha value is -0.710. The fourth-order valence-electron chi connectivity index (χ4n) is 3.42. The predicted octanol–water partition coefficient (Wildman–Crippen LogP) is 2.14. The van der Waals surface area contributed by atoms with Crippen molar-refractivity contribution in [2.45, 2.75) is 52.1 Å². The molecule has 120 valence electrons. The summed E-state index contributed by atoms with van der Waals surface area (Å²) in [6.07, 6.45) is 4.17. The lowest BCUT2D eigenvalue weighted by atomic mass is 9.86. The molecular formula is C16H28N2O2S. The number of amides is 2. The van der Waals surface area contributed by atoms with Gasteiger partial charge in [0.25, 0.3) is 0 Å². The van der Waals surface area contributed by atoms with Gasteiger partial charge in [-0.2, -0.15) is 11.8 Å². The van der Waals surface area contributed by atoms with Crippen molar-refractivity contribution in [2.75, 3.05) is 18.6 Å². The van der Waals surface area contributed by atoms with E-state index < -0.39 is 5.54 Å². The van der Waals surface area contributed by atoms with Crippen molar-refractivity contribution >= 4 is 23.6 Å². The topological polar surface area (TPSA) is 49.4 Å². The molecule has 0 aromatic carbocycles. The third-order valence-electron chi connectivity index (χ3n) is 4.68. The van der Waals surface area contributed by atoms with E-state index in [4.69, 9.17) is 0 Å². The summed E-state index contributed by atoms with van der Waals surface area (Å²) < 4.78 is 0. The second-order valence-corrected chi connectivity index (χ2v) is 8.08. The van der Waals surface area contributed by atoms with E-state index >= 15 is 0 Å². The molecule has 21 heavy (non-hydrogen) atoms. The van der Waals surface area contributed by atoms with Gasteiger partial charge in [0.05, 0.1) is 0 Å². The third kappa shape index (κ3) is 3.22. The predicted molar refractivity (Wildman–Crippen MR) is 87.2 cm³/mol. The SMILES string of the molecule is CSCC(C)CN1C(=O)C(C)(C2CC2)NC(=O)C1C(C)C. The minimum atomic E-state index is -0.679. The summed E-state index contributed by atoms with van der Waals surface area (Å²) >= 11 is 1.79. The zero-order valence-corrected chi connectivity index (χ0v) is 14.6. The van der Waals surface area contributed by atoms with Crippen molar-refractivity contribution < 1.29 is 9.59 Å².